The van der Waals surface area contributed by atoms with Gasteiger partial charge in [-0.25, -0.2) is 0 Å². The number of nitrogens with one attached hydrogen (secondary N) is 1. The monoisotopic (exact) mass is 341 g/mol. The lowest BCUT2D eigenvalue weighted by Gasteiger charge is -2.06. The lowest BCUT2D eigenvalue weighted by Crippen LogP contribution is -2.12. The van der Waals surface area contributed by atoms with Gasteiger partial charge in [-0.1, -0.05) is 40.2 Å². The summed E-state index contributed by atoms with van der Waals surface area (Å²) in [5.74, 6) is 0.895. The van der Waals surface area contributed by atoms with Gasteiger partial charge in [0.1, 0.15) is 5.75 Å². The van der Waals surface area contributed by atoms with Crippen molar-refractivity contribution in [3.8, 4) is 5.75 Å². The Morgan fingerprint density at radius 3 is 1.84 bits per heavy atom. The summed E-state index contributed by atoms with van der Waals surface area (Å²) in [7, 11) is 1.68. The zero-order valence-corrected chi connectivity index (χ0v) is 13.1. The van der Waals surface area contributed by atoms with E-state index in [1.54, 1.807) is 7.11 Å². The fraction of sp³-hybridized carbons (Fsp3) is 0.200. The van der Waals surface area contributed by atoms with Crippen molar-refractivity contribution in [3.05, 3.63) is 64.1 Å². The number of ether oxygens (including phenoxy) is 1. The van der Waals surface area contributed by atoms with E-state index in [4.69, 9.17) is 4.74 Å². The second kappa shape index (κ2) is 8.20. The summed E-state index contributed by atoms with van der Waals surface area (Å²) in [6, 6.07) is 16.5. The van der Waals surface area contributed by atoms with Gasteiger partial charge in [-0.15, -0.1) is 12.4 Å². The van der Waals surface area contributed by atoms with Crippen LogP contribution in [0, 0.1) is 0 Å². The quantitative estimate of drug-likeness (QED) is 0.880. The van der Waals surface area contributed by atoms with E-state index < -0.39 is 0 Å². The summed E-state index contributed by atoms with van der Waals surface area (Å²) in [6.45, 7) is 1.74. The average Bonchev–Trinajstić information content (AvgIpc) is 2.42. The molecule has 0 saturated carbocycles. The Labute approximate surface area is 128 Å². The van der Waals surface area contributed by atoms with Gasteiger partial charge in [-0.3, -0.25) is 0 Å². The van der Waals surface area contributed by atoms with Crippen LogP contribution in [0.2, 0.25) is 0 Å². The van der Waals surface area contributed by atoms with Gasteiger partial charge < -0.3 is 10.1 Å². The molecule has 4 heteroatoms. The maximum absolute atomic E-state index is 5.13. The first kappa shape index (κ1) is 16.0. The molecule has 0 aliphatic rings. The van der Waals surface area contributed by atoms with Crippen molar-refractivity contribution >= 4 is 28.3 Å². The van der Waals surface area contributed by atoms with E-state index in [1.165, 1.54) is 11.1 Å². The van der Waals surface area contributed by atoms with Crippen LogP contribution in [0.25, 0.3) is 0 Å². The molecular formula is C15H17BrClNO. The first-order valence-electron chi connectivity index (χ1n) is 5.86. The molecule has 2 aromatic carbocycles. The molecule has 19 heavy (non-hydrogen) atoms. The summed E-state index contributed by atoms with van der Waals surface area (Å²) in [4.78, 5) is 0. The summed E-state index contributed by atoms with van der Waals surface area (Å²) in [6.07, 6.45) is 0. The highest BCUT2D eigenvalue weighted by Crippen LogP contribution is 2.12. The number of benzene rings is 2. The number of hydrogen-bond donors (Lipinski definition) is 1. The van der Waals surface area contributed by atoms with Crippen LogP contribution < -0.4 is 10.1 Å². The molecule has 0 bridgehead atoms. The molecule has 2 aromatic rings. The molecular weight excluding hydrogens is 326 g/mol. The van der Waals surface area contributed by atoms with E-state index in [0.29, 0.717) is 0 Å². The molecule has 0 spiro atoms. The van der Waals surface area contributed by atoms with Crippen LogP contribution in [0.15, 0.2) is 53.0 Å². The van der Waals surface area contributed by atoms with Crippen LogP contribution in [0.1, 0.15) is 11.1 Å². The number of rotatable bonds is 5. The standard InChI is InChI=1S/C15H16BrNO.ClH/c1-18-15-8-4-13(5-9-15)11-17-10-12-2-6-14(16)7-3-12;/h2-9,17H,10-11H2,1H3;1H. The Morgan fingerprint density at radius 1 is 0.895 bits per heavy atom. The maximum Gasteiger partial charge on any atom is 0.118 e. The largest absolute Gasteiger partial charge is 0.497 e. The predicted octanol–water partition coefficient (Wildman–Crippen LogP) is 4.17. The molecule has 0 aliphatic carbocycles. The van der Waals surface area contributed by atoms with Gasteiger partial charge in [0.25, 0.3) is 0 Å². The first-order valence-corrected chi connectivity index (χ1v) is 6.65. The van der Waals surface area contributed by atoms with Gasteiger partial charge in [0, 0.05) is 17.6 Å². The molecule has 1 N–H and O–H groups in total. The normalized spacial score (nSPS) is 9.79. The minimum absolute atomic E-state index is 0. The van der Waals surface area contributed by atoms with Crippen molar-refractivity contribution in [2.24, 2.45) is 0 Å². The Balaban J connectivity index is 0.00000180. The van der Waals surface area contributed by atoms with Gasteiger partial charge in [0.05, 0.1) is 7.11 Å². The third kappa shape index (κ3) is 5.23. The molecule has 102 valence electrons. The fourth-order valence-corrected chi connectivity index (χ4v) is 1.96. The van der Waals surface area contributed by atoms with Crippen LogP contribution in [0.4, 0.5) is 0 Å². The lowest BCUT2D eigenvalue weighted by molar-refractivity contribution is 0.414. The number of methoxy groups -OCH3 is 1. The minimum Gasteiger partial charge on any atom is -0.497 e. The van der Waals surface area contributed by atoms with Gasteiger partial charge >= 0.3 is 0 Å². The molecule has 2 nitrogen and oxygen atoms in total. The molecule has 0 atom stereocenters. The third-order valence-electron chi connectivity index (χ3n) is 2.73. The number of hydrogen-bond acceptors (Lipinski definition) is 2. The van der Waals surface area contributed by atoms with E-state index in [9.17, 15) is 0 Å². The van der Waals surface area contributed by atoms with Crippen molar-refractivity contribution in [2.75, 3.05) is 7.11 Å². The predicted molar refractivity (Wildman–Crippen MR) is 84.9 cm³/mol. The SMILES string of the molecule is COc1ccc(CNCc2ccc(Br)cc2)cc1.Cl. The van der Waals surface area contributed by atoms with E-state index in [1.807, 2.05) is 12.1 Å². The lowest BCUT2D eigenvalue weighted by atomic mass is 10.2. The second-order valence-electron chi connectivity index (χ2n) is 4.08. The Hall–Kier alpha value is -1.03. The van der Waals surface area contributed by atoms with Crippen LogP contribution >= 0.6 is 28.3 Å². The van der Waals surface area contributed by atoms with Crippen LogP contribution in [-0.2, 0) is 13.1 Å². The van der Waals surface area contributed by atoms with Crippen LogP contribution in [0.5, 0.6) is 5.75 Å². The third-order valence-corrected chi connectivity index (χ3v) is 3.26. The van der Waals surface area contributed by atoms with Crippen molar-refractivity contribution in [1.82, 2.24) is 5.32 Å². The topological polar surface area (TPSA) is 21.3 Å². The first-order chi connectivity index (χ1) is 8.78. The molecule has 0 unspecified atom stereocenters. The summed E-state index contributed by atoms with van der Waals surface area (Å²) >= 11 is 3.43. The highest BCUT2D eigenvalue weighted by molar-refractivity contribution is 9.10. The van der Waals surface area contributed by atoms with Crippen LogP contribution in [-0.4, -0.2) is 7.11 Å². The van der Waals surface area contributed by atoms with E-state index in [-0.39, 0.29) is 12.4 Å². The fourth-order valence-electron chi connectivity index (χ4n) is 1.70. The minimum atomic E-state index is 0. The molecule has 0 radical (unpaired) electrons. The van der Waals surface area contributed by atoms with Crippen LogP contribution in [0.3, 0.4) is 0 Å². The summed E-state index contributed by atoms with van der Waals surface area (Å²) in [5.41, 5.74) is 2.54. The van der Waals surface area contributed by atoms with Crippen molar-refractivity contribution in [1.29, 1.82) is 0 Å². The highest BCUT2D eigenvalue weighted by atomic mass is 79.9. The van der Waals surface area contributed by atoms with Gasteiger partial charge in [-0.05, 0) is 35.4 Å². The van der Waals surface area contributed by atoms with Crippen molar-refractivity contribution in [3.63, 3.8) is 0 Å². The maximum atomic E-state index is 5.13. The second-order valence-corrected chi connectivity index (χ2v) is 4.99. The summed E-state index contributed by atoms with van der Waals surface area (Å²) < 4.78 is 6.24. The zero-order valence-electron chi connectivity index (χ0n) is 10.7. The van der Waals surface area contributed by atoms with E-state index >= 15 is 0 Å². The Morgan fingerprint density at radius 2 is 1.37 bits per heavy atom. The van der Waals surface area contributed by atoms with Gasteiger partial charge in [0.2, 0.25) is 0 Å². The van der Waals surface area contributed by atoms with E-state index in [0.717, 1.165) is 23.3 Å². The molecule has 0 fully saturated rings. The Kier molecular flexibility index (Phi) is 6.92. The zero-order chi connectivity index (χ0) is 12.8. The Bertz CT molecular complexity index is 485. The summed E-state index contributed by atoms with van der Waals surface area (Å²) in [5, 5.41) is 3.42. The van der Waals surface area contributed by atoms with Gasteiger partial charge in [0.15, 0.2) is 0 Å². The van der Waals surface area contributed by atoms with E-state index in [2.05, 4.69) is 57.6 Å². The number of halogens is 2. The molecule has 0 heterocycles. The van der Waals surface area contributed by atoms with Crippen molar-refractivity contribution in [2.45, 2.75) is 13.1 Å². The smallest absolute Gasteiger partial charge is 0.118 e. The average molecular weight is 343 g/mol. The molecule has 0 amide bonds. The molecule has 0 aromatic heterocycles. The molecule has 2 rings (SSSR count). The molecule has 0 aliphatic heterocycles. The molecule has 0 saturated heterocycles. The van der Waals surface area contributed by atoms with Gasteiger partial charge in [-0.2, -0.15) is 0 Å². The highest BCUT2D eigenvalue weighted by Gasteiger charge is 1.96. The van der Waals surface area contributed by atoms with Crippen molar-refractivity contribution < 1.29 is 4.74 Å².